The van der Waals surface area contributed by atoms with Gasteiger partial charge in [-0.25, -0.2) is 4.98 Å². The van der Waals surface area contributed by atoms with E-state index in [1.54, 1.807) is 24.0 Å². The molecule has 0 saturated carbocycles. The molecule has 0 spiro atoms. The molecule has 12 heavy (non-hydrogen) atoms. The lowest BCUT2D eigenvalue weighted by molar-refractivity contribution is 0.323. The fraction of sp³-hybridized carbons (Fsp3) is 0.500. The molecule has 0 N–H and O–H groups in total. The molecule has 0 aliphatic rings. The number of aromatic nitrogens is 2. The average Bonchev–Trinajstić information content (AvgIpc) is 2.06. The summed E-state index contributed by atoms with van der Waals surface area (Å²) in [6.07, 6.45) is 1.72. The number of ether oxygens (including phenoxy) is 1. The van der Waals surface area contributed by atoms with E-state index >= 15 is 0 Å². The van der Waals surface area contributed by atoms with Gasteiger partial charge in [-0.1, -0.05) is 18.7 Å². The van der Waals surface area contributed by atoms with Crippen LogP contribution in [0.5, 0.6) is 5.88 Å². The molecule has 1 heterocycles. The first-order valence-corrected chi connectivity index (χ1v) is 4.94. The van der Waals surface area contributed by atoms with Gasteiger partial charge in [-0.3, -0.25) is 0 Å². The average molecular weight is 184 g/mol. The van der Waals surface area contributed by atoms with E-state index in [0.29, 0.717) is 12.5 Å². The van der Waals surface area contributed by atoms with E-state index in [1.807, 2.05) is 6.92 Å². The zero-order valence-electron chi connectivity index (χ0n) is 7.28. The number of hydrogen-bond donors (Lipinski definition) is 0. The minimum absolute atomic E-state index is 0.646. The molecular formula is C8H12N2OS. The molecule has 0 aliphatic heterocycles. The highest BCUT2D eigenvalue weighted by molar-refractivity contribution is 7.99. The predicted octanol–water partition coefficient (Wildman–Crippen LogP) is 1.99. The summed E-state index contributed by atoms with van der Waals surface area (Å²) in [5, 5.41) is 0.781. The topological polar surface area (TPSA) is 35.0 Å². The van der Waals surface area contributed by atoms with E-state index in [9.17, 15) is 0 Å². The quantitative estimate of drug-likeness (QED) is 0.529. The van der Waals surface area contributed by atoms with E-state index in [0.717, 1.165) is 10.9 Å². The van der Waals surface area contributed by atoms with Crippen LogP contribution in [-0.4, -0.2) is 22.3 Å². The maximum absolute atomic E-state index is 5.23. The number of nitrogens with zero attached hydrogens (tertiary/aromatic N) is 2. The van der Waals surface area contributed by atoms with Crippen LogP contribution in [0.15, 0.2) is 17.4 Å². The summed E-state index contributed by atoms with van der Waals surface area (Å²) >= 11 is 1.61. The lowest BCUT2D eigenvalue weighted by atomic mass is 10.6. The van der Waals surface area contributed by atoms with E-state index in [1.165, 1.54) is 0 Å². The fourth-order valence-corrected chi connectivity index (χ4v) is 1.30. The second-order valence-electron chi connectivity index (χ2n) is 2.04. The second-order valence-corrected chi connectivity index (χ2v) is 3.27. The highest BCUT2D eigenvalue weighted by atomic mass is 32.2. The highest BCUT2D eigenvalue weighted by Gasteiger charge is 1.97. The Kier molecular flexibility index (Phi) is 3.87. The Morgan fingerprint density at radius 1 is 1.50 bits per heavy atom. The molecule has 0 bridgehead atoms. The van der Waals surface area contributed by atoms with E-state index < -0.39 is 0 Å². The summed E-state index contributed by atoms with van der Waals surface area (Å²) < 4.78 is 5.23. The third kappa shape index (κ3) is 2.70. The minimum Gasteiger partial charge on any atom is -0.478 e. The Bertz CT molecular complexity index is 221. The number of hydrogen-bond acceptors (Lipinski definition) is 4. The van der Waals surface area contributed by atoms with E-state index in [4.69, 9.17) is 4.74 Å². The zero-order chi connectivity index (χ0) is 8.81. The lowest BCUT2D eigenvalue weighted by Crippen LogP contribution is -1.96. The van der Waals surface area contributed by atoms with Gasteiger partial charge in [-0.15, -0.1) is 0 Å². The van der Waals surface area contributed by atoms with Crippen molar-refractivity contribution in [3.05, 3.63) is 12.3 Å². The first-order chi connectivity index (χ1) is 5.86. The first kappa shape index (κ1) is 9.32. The Morgan fingerprint density at radius 3 is 3.00 bits per heavy atom. The van der Waals surface area contributed by atoms with Crippen molar-refractivity contribution in [2.75, 3.05) is 12.4 Å². The van der Waals surface area contributed by atoms with Crippen LogP contribution in [0.1, 0.15) is 13.8 Å². The van der Waals surface area contributed by atoms with E-state index in [-0.39, 0.29) is 0 Å². The van der Waals surface area contributed by atoms with Crippen LogP contribution >= 0.6 is 11.8 Å². The molecule has 0 unspecified atom stereocenters. The van der Waals surface area contributed by atoms with Crippen molar-refractivity contribution in [3.63, 3.8) is 0 Å². The predicted molar refractivity (Wildman–Crippen MR) is 49.6 cm³/mol. The zero-order valence-corrected chi connectivity index (χ0v) is 8.10. The number of thioether (sulfide) groups is 1. The van der Waals surface area contributed by atoms with Crippen LogP contribution in [0.25, 0.3) is 0 Å². The summed E-state index contributed by atoms with van der Waals surface area (Å²) in [4.78, 5) is 8.27. The van der Waals surface area contributed by atoms with Crippen LogP contribution in [-0.2, 0) is 0 Å². The van der Waals surface area contributed by atoms with Crippen molar-refractivity contribution < 1.29 is 4.74 Å². The molecule has 3 nitrogen and oxygen atoms in total. The minimum atomic E-state index is 0.646. The molecule has 0 aliphatic carbocycles. The van der Waals surface area contributed by atoms with Crippen molar-refractivity contribution in [2.24, 2.45) is 0 Å². The standard InChI is InChI=1S/C8H12N2OS/c1-3-11-7-5-6-9-8(10-7)12-4-2/h5-6H,3-4H2,1-2H3. The summed E-state index contributed by atoms with van der Waals surface area (Å²) in [6.45, 7) is 4.66. The van der Waals surface area contributed by atoms with Gasteiger partial charge < -0.3 is 4.74 Å². The fourth-order valence-electron chi connectivity index (χ4n) is 0.752. The molecular weight excluding hydrogens is 172 g/mol. The highest BCUT2D eigenvalue weighted by Crippen LogP contribution is 2.14. The molecule has 0 radical (unpaired) electrons. The first-order valence-electron chi connectivity index (χ1n) is 3.95. The van der Waals surface area contributed by atoms with Gasteiger partial charge in [-0.2, -0.15) is 4.98 Å². The van der Waals surface area contributed by atoms with E-state index in [2.05, 4.69) is 16.9 Å². The molecule has 4 heteroatoms. The third-order valence-corrected chi connectivity index (χ3v) is 1.92. The van der Waals surface area contributed by atoms with Gasteiger partial charge in [0.15, 0.2) is 5.16 Å². The molecule has 0 amide bonds. The second kappa shape index (κ2) is 4.98. The SMILES string of the molecule is CCOc1ccnc(SCC)n1. The van der Waals surface area contributed by atoms with Gasteiger partial charge in [0.05, 0.1) is 6.61 Å². The van der Waals surface area contributed by atoms with Gasteiger partial charge in [0.25, 0.3) is 0 Å². The molecule has 66 valence electrons. The van der Waals surface area contributed by atoms with Gasteiger partial charge in [-0.05, 0) is 12.7 Å². The monoisotopic (exact) mass is 184 g/mol. The third-order valence-electron chi connectivity index (χ3n) is 1.17. The number of rotatable bonds is 4. The van der Waals surface area contributed by atoms with Crippen molar-refractivity contribution in [1.82, 2.24) is 9.97 Å². The van der Waals surface area contributed by atoms with Crippen molar-refractivity contribution >= 4 is 11.8 Å². The van der Waals surface area contributed by atoms with Gasteiger partial charge in [0, 0.05) is 12.3 Å². The molecule has 1 aromatic rings. The van der Waals surface area contributed by atoms with Gasteiger partial charge in [0.1, 0.15) is 0 Å². The molecule has 0 saturated heterocycles. The van der Waals surface area contributed by atoms with Crippen LogP contribution in [0.4, 0.5) is 0 Å². The summed E-state index contributed by atoms with van der Waals surface area (Å²) in [5.41, 5.74) is 0. The Balaban J connectivity index is 2.67. The summed E-state index contributed by atoms with van der Waals surface area (Å²) in [7, 11) is 0. The summed E-state index contributed by atoms with van der Waals surface area (Å²) in [6, 6.07) is 1.77. The van der Waals surface area contributed by atoms with Crippen LogP contribution in [0.2, 0.25) is 0 Å². The Hall–Kier alpha value is -0.770. The van der Waals surface area contributed by atoms with Crippen LogP contribution < -0.4 is 4.74 Å². The Labute approximate surface area is 76.6 Å². The normalized spacial score (nSPS) is 9.83. The van der Waals surface area contributed by atoms with Crippen molar-refractivity contribution in [2.45, 2.75) is 19.0 Å². The van der Waals surface area contributed by atoms with Crippen molar-refractivity contribution in [1.29, 1.82) is 0 Å². The molecule has 0 fully saturated rings. The summed E-state index contributed by atoms with van der Waals surface area (Å²) in [5.74, 6) is 1.64. The largest absolute Gasteiger partial charge is 0.478 e. The molecule has 1 rings (SSSR count). The van der Waals surface area contributed by atoms with Gasteiger partial charge >= 0.3 is 0 Å². The van der Waals surface area contributed by atoms with Crippen LogP contribution in [0, 0.1) is 0 Å². The van der Waals surface area contributed by atoms with Crippen LogP contribution in [0.3, 0.4) is 0 Å². The van der Waals surface area contributed by atoms with Crippen molar-refractivity contribution in [3.8, 4) is 5.88 Å². The maximum atomic E-state index is 5.23. The molecule has 0 aromatic carbocycles. The lowest BCUT2D eigenvalue weighted by Gasteiger charge is -2.01. The smallest absolute Gasteiger partial charge is 0.217 e. The molecule has 0 atom stereocenters. The van der Waals surface area contributed by atoms with Gasteiger partial charge in [0.2, 0.25) is 5.88 Å². The Morgan fingerprint density at radius 2 is 2.33 bits per heavy atom. The molecule has 1 aromatic heterocycles. The maximum Gasteiger partial charge on any atom is 0.217 e.